The number of carbonyl (C=O) groups is 1. The molecule has 6 heteroatoms. The number of carbonyl (C=O) groups excluding carboxylic acids is 1. The Bertz CT molecular complexity index is 822. The number of nitrogens with one attached hydrogen (secondary N) is 1. The number of ether oxygens (including phenoxy) is 2. The maximum atomic E-state index is 12.8. The van der Waals surface area contributed by atoms with Crippen LogP contribution >= 0.6 is 11.6 Å². The maximum absolute atomic E-state index is 12.8. The van der Waals surface area contributed by atoms with Crippen LogP contribution in [0.4, 0.5) is 5.69 Å². The largest absolute Gasteiger partial charge is 0.457 e. The highest BCUT2D eigenvalue weighted by molar-refractivity contribution is 6.30. The molecule has 1 aliphatic carbocycles. The first-order valence-corrected chi connectivity index (χ1v) is 9.39. The van der Waals surface area contributed by atoms with Crippen LogP contribution < -0.4 is 15.8 Å². The summed E-state index contributed by atoms with van der Waals surface area (Å²) in [4.78, 5) is 12.8. The summed E-state index contributed by atoms with van der Waals surface area (Å²) in [6.07, 6.45) is 0.502. The molecule has 2 atom stereocenters. The summed E-state index contributed by atoms with van der Waals surface area (Å²) in [7, 11) is 0. The topological polar surface area (TPSA) is 73.6 Å². The minimum absolute atomic E-state index is 0.00766. The Morgan fingerprint density at radius 3 is 2.52 bits per heavy atom. The van der Waals surface area contributed by atoms with Crippen molar-refractivity contribution in [2.24, 2.45) is 11.1 Å². The molecule has 0 saturated heterocycles. The first kappa shape index (κ1) is 19.7. The van der Waals surface area contributed by atoms with E-state index in [9.17, 15) is 4.79 Å². The van der Waals surface area contributed by atoms with Gasteiger partial charge in [0.05, 0.1) is 6.10 Å². The first-order chi connectivity index (χ1) is 12.8. The molecule has 0 radical (unpaired) electrons. The van der Waals surface area contributed by atoms with E-state index >= 15 is 0 Å². The quantitative estimate of drug-likeness (QED) is 0.758. The molecule has 0 aliphatic heterocycles. The summed E-state index contributed by atoms with van der Waals surface area (Å²) >= 11 is 5.96. The predicted octanol–water partition coefficient (Wildman–Crippen LogP) is 4.60. The number of rotatable bonds is 6. The van der Waals surface area contributed by atoms with Crippen LogP contribution in [0.1, 0.15) is 27.2 Å². The van der Waals surface area contributed by atoms with E-state index in [1.807, 2.05) is 32.9 Å². The zero-order chi connectivity index (χ0) is 19.7. The van der Waals surface area contributed by atoms with Crippen LogP contribution in [0.25, 0.3) is 0 Å². The summed E-state index contributed by atoms with van der Waals surface area (Å²) < 4.78 is 11.4. The van der Waals surface area contributed by atoms with Gasteiger partial charge in [0.2, 0.25) is 5.91 Å². The molecule has 0 spiro atoms. The molecule has 0 aromatic heterocycles. The molecule has 1 saturated carbocycles. The fourth-order valence-corrected chi connectivity index (χ4v) is 3.52. The fourth-order valence-electron chi connectivity index (χ4n) is 3.34. The third-order valence-corrected chi connectivity index (χ3v) is 5.61. The number of nitrogens with two attached hydrogens (primary N) is 1. The average molecular weight is 389 g/mol. The van der Waals surface area contributed by atoms with Gasteiger partial charge in [-0.1, -0.05) is 31.5 Å². The number of halogens is 1. The Morgan fingerprint density at radius 1 is 1.22 bits per heavy atom. The van der Waals surface area contributed by atoms with Gasteiger partial charge < -0.3 is 20.5 Å². The van der Waals surface area contributed by atoms with Crippen molar-refractivity contribution in [2.75, 3.05) is 11.9 Å². The third-order valence-electron chi connectivity index (χ3n) is 5.38. The molecule has 3 N–H and O–H groups in total. The van der Waals surface area contributed by atoms with Gasteiger partial charge in [0.15, 0.2) is 0 Å². The van der Waals surface area contributed by atoms with Crippen molar-refractivity contribution in [3.05, 3.63) is 53.6 Å². The van der Waals surface area contributed by atoms with Crippen molar-refractivity contribution >= 4 is 23.2 Å². The lowest BCUT2D eigenvalue weighted by Gasteiger charge is -2.57. The highest BCUT2D eigenvalue weighted by Crippen LogP contribution is 2.50. The Kier molecular flexibility index (Phi) is 5.47. The van der Waals surface area contributed by atoms with E-state index in [1.165, 1.54) is 0 Å². The second kappa shape index (κ2) is 7.50. The number of amides is 1. The monoisotopic (exact) mass is 388 g/mol. The number of hydrogen-bond donors (Lipinski definition) is 2. The van der Waals surface area contributed by atoms with E-state index in [0.717, 1.165) is 0 Å². The van der Waals surface area contributed by atoms with Gasteiger partial charge in [-0.2, -0.15) is 0 Å². The summed E-state index contributed by atoms with van der Waals surface area (Å²) in [6, 6.07) is 14.3. The lowest BCUT2D eigenvalue weighted by atomic mass is 9.54. The Hall–Kier alpha value is -2.08. The van der Waals surface area contributed by atoms with Gasteiger partial charge in [-0.3, -0.25) is 4.79 Å². The minimum Gasteiger partial charge on any atom is -0.457 e. The number of hydrogen-bond acceptors (Lipinski definition) is 4. The van der Waals surface area contributed by atoms with E-state index in [0.29, 0.717) is 35.2 Å². The molecule has 0 bridgehead atoms. The molecule has 3 rings (SSSR count). The van der Waals surface area contributed by atoms with Gasteiger partial charge in [0.25, 0.3) is 0 Å². The zero-order valence-corrected chi connectivity index (χ0v) is 16.5. The van der Waals surface area contributed by atoms with E-state index < -0.39 is 11.0 Å². The molecule has 1 amide bonds. The second-order valence-electron chi connectivity index (χ2n) is 7.38. The van der Waals surface area contributed by atoms with E-state index in [2.05, 4.69) is 5.32 Å². The SMILES string of the molecule is CCOC1CC(N)(C(=O)Nc2ccc(Oc3cccc(Cl)c3)cc2)C1(C)C. The van der Waals surface area contributed by atoms with Gasteiger partial charge >= 0.3 is 0 Å². The normalized spacial score (nSPS) is 23.4. The van der Waals surface area contributed by atoms with Crippen LogP contribution in [-0.4, -0.2) is 24.2 Å². The standard InChI is InChI=1S/C21H25ClN2O3/c1-4-26-18-13-21(23,20(18,2)3)19(25)24-15-8-10-16(11-9-15)27-17-7-5-6-14(22)12-17/h5-12,18H,4,13,23H2,1-3H3,(H,24,25). The lowest BCUT2D eigenvalue weighted by molar-refractivity contribution is -0.166. The highest BCUT2D eigenvalue weighted by atomic mass is 35.5. The van der Waals surface area contributed by atoms with Crippen molar-refractivity contribution in [3.8, 4) is 11.5 Å². The molecule has 2 aromatic rings. The molecule has 0 heterocycles. The Morgan fingerprint density at radius 2 is 1.93 bits per heavy atom. The third kappa shape index (κ3) is 3.81. The molecular formula is C21H25ClN2O3. The van der Waals surface area contributed by atoms with E-state index in [4.69, 9.17) is 26.8 Å². The van der Waals surface area contributed by atoms with Gasteiger partial charge in [-0.25, -0.2) is 0 Å². The number of anilines is 1. The van der Waals surface area contributed by atoms with Gasteiger partial charge in [0, 0.05) is 29.2 Å². The smallest absolute Gasteiger partial charge is 0.245 e. The first-order valence-electron chi connectivity index (χ1n) is 9.01. The Balaban J connectivity index is 1.64. The fraction of sp³-hybridized carbons (Fsp3) is 0.381. The van der Waals surface area contributed by atoms with Crippen molar-refractivity contribution in [1.82, 2.24) is 0 Å². The summed E-state index contributed by atoms with van der Waals surface area (Å²) in [5, 5.41) is 3.52. The molecule has 2 unspecified atom stereocenters. The molecule has 5 nitrogen and oxygen atoms in total. The summed E-state index contributed by atoms with van der Waals surface area (Å²) in [5.74, 6) is 1.10. The van der Waals surface area contributed by atoms with Crippen molar-refractivity contribution < 1.29 is 14.3 Å². The van der Waals surface area contributed by atoms with Crippen molar-refractivity contribution in [1.29, 1.82) is 0 Å². The highest BCUT2D eigenvalue weighted by Gasteiger charge is 2.62. The van der Waals surface area contributed by atoms with Crippen molar-refractivity contribution in [2.45, 2.75) is 38.8 Å². The van der Waals surface area contributed by atoms with Gasteiger partial charge in [-0.15, -0.1) is 0 Å². The number of benzene rings is 2. The maximum Gasteiger partial charge on any atom is 0.245 e. The predicted molar refractivity (Wildman–Crippen MR) is 107 cm³/mol. The van der Waals surface area contributed by atoms with Gasteiger partial charge in [0.1, 0.15) is 17.0 Å². The second-order valence-corrected chi connectivity index (χ2v) is 7.82. The minimum atomic E-state index is -0.956. The van der Waals surface area contributed by atoms with E-state index in [-0.39, 0.29) is 12.0 Å². The van der Waals surface area contributed by atoms with Crippen LogP contribution in [0.15, 0.2) is 48.5 Å². The van der Waals surface area contributed by atoms with Crippen LogP contribution in [0.2, 0.25) is 5.02 Å². The molecule has 144 valence electrons. The molecule has 1 fully saturated rings. The molecular weight excluding hydrogens is 364 g/mol. The molecule has 27 heavy (non-hydrogen) atoms. The summed E-state index contributed by atoms with van der Waals surface area (Å²) in [5.41, 5.74) is 5.69. The Labute approximate surface area is 164 Å². The van der Waals surface area contributed by atoms with Crippen LogP contribution in [0.3, 0.4) is 0 Å². The molecule has 2 aromatic carbocycles. The van der Waals surface area contributed by atoms with Crippen molar-refractivity contribution in [3.63, 3.8) is 0 Å². The molecule has 1 aliphatic rings. The van der Waals surface area contributed by atoms with E-state index in [1.54, 1.807) is 36.4 Å². The van der Waals surface area contributed by atoms with Crippen LogP contribution in [-0.2, 0) is 9.53 Å². The average Bonchev–Trinajstić information content (AvgIpc) is 2.63. The van der Waals surface area contributed by atoms with Gasteiger partial charge in [-0.05, 0) is 49.4 Å². The van der Waals surface area contributed by atoms with Crippen LogP contribution in [0, 0.1) is 5.41 Å². The van der Waals surface area contributed by atoms with Crippen LogP contribution in [0.5, 0.6) is 11.5 Å². The lowest BCUT2D eigenvalue weighted by Crippen LogP contribution is -2.74. The zero-order valence-electron chi connectivity index (χ0n) is 15.8. The summed E-state index contributed by atoms with van der Waals surface area (Å²) in [6.45, 7) is 6.50.